The van der Waals surface area contributed by atoms with Crippen LogP contribution in [0.4, 0.5) is 0 Å². The molecule has 94 valence electrons. The first kappa shape index (κ1) is 12.8. The lowest BCUT2D eigenvalue weighted by Crippen LogP contribution is -2.12. The Morgan fingerprint density at radius 2 is 1.89 bits per heavy atom. The van der Waals surface area contributed by atoms with Gasteiger partial charge in [-0.25, -0.2) is 13.6 Å². The maximum absolute atomic E-state index is 11.4. The minimum atomic E-state index is -3.77. The summed E-state index contributed by atoms with van der Waals surface area (Å²) in [5, 5.41) is 5.11. The molecule has 1 heterocycles. The summed E-state index contributed by atoms with van der Waals surface area (Å²) in [6, 6.07) is 9.00. The minimum Gasteiger partial charge on any atom is -0.321 e. The highest BCUT2D eigenvalue weighted by Crippen LogP contribution is 2.19. The second-order valence-corrected chi connectivity index (χ2v) is 5.59. The largest absolute Gasteiger partial charge is 0.321 e. The number of pyridine rings is 1. The van der Waals surface area contributed by atoms with Crippen LogP contribution in [0.25, 0.3) is 11.3 Å². The van der Waals surface area contributed by atoms with Crippen molar-refractivity contribution in [1.29, 1.82) is 0 Å². The first-order valence-corrected chi connectivity index (χ1v) is 6.82. The highest BCUT2D eigenvalue weighted by molar-refractivity contribution is 7.89. The number of primary sulfonamides is 1. The van der Waals surface area contributed by atoms with Crippen LogP contribution in [0.15, 0.2) is 46.1 Å². The van der Waals surface area contributed by atoms with Crippen molar-refractivity contribution in [2.45, 2.75) is 4.90 Å². The van der Waals surface area contributed by atoms with Gasteiger partial charge >= 0.3 is 0 Å². The summed E-state index contributed by atoms with van der Waals surface area (Å²) in [6.07, 6.45) is 0. The standard InChI is InChI=1S/C11H9ClN2O3S/c12-9-4-5-10(14-11(9)15)7-2-1-3-8(6-7)18(13,16)17/h1-6H,(H,14,15)(H2,13,16,17). The van der Waals surface area contributed by atoms with Crippen LogP contribution >= 0.6 is 11.6 Å². The van der Waals surface area contributed by atoms with E-state index in [1.54, 1.807) is 18.2 Å². The van der Waals surface area contributed by atoms with Gasteiger partial charge in [0.2, 0.25) is 10.0 Å². The van der Waals surface area contributed by atoms with Crippen molar-refractivity contribution in [2.75, 3.05) is 0 Å². The molecule has 0 atom stereocenters. The van der Waals surface area contributed by atoms with Crippen molar-refractivity contribution in [3.05, 3.63) is 51.8 Å². The Morgan fingerprint density at radius 3 is 2.50 bits per heavy atom. The Labute approximate surface area is 108 Å². The van der Waals surface area contributed by atoms with Crippen molar-refractivity contribution in [1.82, 2.24) is 4.98 Å². The predicted molar refractivity (Wildman–Crippen MR) is 68.9 cm³/mol. The van der Waals surface area contributed by atoms with E-state index in [0.717, 1.165) is 0 Å². The highest BCUT2D eigenvalue weighted by Gasteiger charge is 2.09. The molecule has 0 aliphatic heterocycles. The SMILES string of the molecule is NS(=O)(=O)c1cccc(-c2ccc(Cl)c(=O)[nH]2)c1. The van der Waals surface area contributed by atoms with E-state index in [0.29, 0.717) is 11.3 Å². The maximum atomic E-state index is 11.4. The lowest BCUT2D eigenvalue weighted by Gasteiger charge is -2.04. The Hall–Kier alpha value is -1.63. The zero-order valence-corrected chi connectivity index (χ0v) is 10.6. The topological polar surface area (TPSA) is 93.0 Å². The van der Waals surface area contributed by atoms with Gasteiger partial charge < -0.3 is 4.98 Å². The van der Waals surface area contributed by atoms with Gasteiger partial charge in [0, 0.05) is 5.69 Å². The van der Waals surface area contributed by atoms with Gasteiger partial charge in [0.15, 0.2) is 0 Å². The zero-order valence-electron chi connectivity index (χ0n) is 9.05. The third-order valence-corrected chi connectivity index (χ3v) is 3.54. The van der Waals surface area contributed by atoms with E-state index in [4.69, 9.17) is 16.7 Å². The van der Waals surface area contributed by atoms with Crippen LogP contribution in [-0.4, -0.2) is 13.4 Å². The fourth-order valence-electron chi connectivity index (χ4n) is 1.46. The van der Waals surface area contributed by atoms with Gasteiger partial charge in [-0.1, -0.05) is 23.7 Å². The van der Waals surface area contributed by atoms with Crippen molar-refractivity contribution in [3.8, 4) is 11.3 Å². The van der Waals surface area contributed by atoms with Crippen LogP contribution in [0.1, 0.15) is 0 Å². The summed E-state index contributed by atoms with van der Waals surface area (Å²) in [5.74, 6) is 0. The molecule has 0 aliphatic carbocycles. The number of aromatic amines is 1. The van der Waals surface area contributed by atoms with Crippen molar-refractivity contribution in [2.24, 2.45) is 5.14 Å². The van der Waals surface area contributed by atoms with Gasteiger partial charge in [-0.3, -0.25) is 4.79 Å². The molecular weight excluding hydrogens is 276 g/mol. The van der Waals surface area contributed by atoms with Gasteiger partial charge in [-0.15, -0.1) is 0 Å². The Kier molecular flexibility index (Phi) is 3.25. The highest BCUT2D eigenvalue weighted by atomic mass is 35.5. The first-order chi connectivity index (χ1) is 8.38. The molecule has 2 rings (SSSR count). The number of aromatic nitrogens is 1. The number of hydrogen-bond acceptors (Lipinski definition) is 3. The number of nitrogens with two attached hydrogens (primary N) is 1. The first-order valence-electron chi connectivity index (χ1n) is 4.90. The van der Waals surface area contributed by atoms with E-state index in [9.17, 15) is 13.2 Å². The van der Waals surface area contributed by atoms with Crippen molar-refractivity contribution in [3.63, 3.8) is 0 Å². The molecule has 1 aromatic carbocycles. The van der Waals surface area contributed by atoms with E-state index in [1.807, 2.05) is 0 Å². The van der Waals surface area contributed by atoms with Crippen LogP contribution in [0.2, 0.25) is 5.02 Å². The number of sulfonamides is 1. The summed E-state index contributed by atoms with van der Waals surface area (Å²) in [7, 11) is -3.77. The molecule has 18 heavy (non-hydrogen) atoms. The number of halogens is 1. The monoisotopic (exact) mass is 284 g/mol. The lowest BCUT2D eigenvalue weighted by atomic mass is 10.1. The molecule has 2 aromatic rings. The molecule has 0 saturated carbocycles. The van der Waals surface area contributed by atoms with Gasteiger partial charge in [0.05, 0.1) is 4.90 Å². The van der Waals surface area contributed by atoms with Crippen molar-refractivity contribution >= 4 is 21.6 Å². The molecule has 0 bridgehead atoms. The molecule has 7 heteroatoms. The number of hydrogen-bond donors (Lipinski definition) is 2. The predicted octanol–water partition coefficient (Wildman–Crippen LogP) is 1.34. The second kappa shape index (κ2) is 4.56. The van der Waals surface area contributed by atoms with Crippen molar-refractivity contribution < 1.29 is 8.42 Å². The van der Waals surface area contributed by atoms with Crippen LogP contribution < -0.4 is 10.7 Å². The molecule has 1 aromatic heterocycles. The van der Waals surface area contributed by atoms with Gasteiger partial charge in [-0.05, 0) is 29.8 Å². The third kappa shape index (κ3) is 2.61. The third-order valence-electron chi connectivity index (χ3n) is 2.34. The van der Waals surface area contributed by atoms with E-state index in [2.05, 4.69) is 4.98 Å². The molecule has 0 radical (unpaired) electrons. The van der Waals surface area contributed by atoms with E-state index in [-0.39, 0.29) is 9.92 Å². The summed E-state index contributed by atoms with van der Waals surface area (Å²) < 4.78 is 22.4. The molecule has 0 saturated heterocycles. The molecule has 0 unspecified atom stereocenters. The normalized spacial score (nSPS) is 11.4. The number of nitrogens with one attached hydrogen (secondary N) is 1. The Bertz CT molecular complexity index is 753. The lowest BCUT2D eigenvalue weighted by molar-refractivity contribution is 0.598. The van der Waals surface area contributed by atoms with Crippen LogP contribution in [0, 0.1) is 0 Å². The molecule has 0 spiro atoms. The minimum absolute atomic E-state index is 0.0178. The fourth-order valence-corrected chi connectivity index (χ4v) is 2.13. The van der Waals surface area contributed by atoms with E-state index >= 15 is 0 Å². The average molecular weight is 285 g/mol. The summed E-state index contributed by atoms with van der Waals surface area (Å²) in [4.78, 5) is 13.9. The quantitative estimate of drug-likeness (QED) is 0.871. The van der Waals surface area contributed by atoms with Crippen LogP contribution in [0.5, 0.6) is 0 Å². The van der Waals surface area contributed by atoms with Crippen LogP contribution in [0.3, 0.4) is 0 Å². The summed E-state index contributed by atoms with van der Waals surface area (Å²) in [5.41, 5.74) is 0.570. The van der Waals surface area contributed by atoms with E-state index < -0.39 is 15.6 Å². The second-order valence-electron chi connectivity index (χ2n) is 3.62. The average Bonchev–Trinajstić information content (AvgIpc) is 2.32. The molecule has 0 aliphatic rings. The maximum Gasteiger partial charge on any atom is 0.267 e. The number of benzene rings is 1. The van der Waals surface area contributed by atoms with Gasteiger partial charge in [0.25, 0.3) is 5.56 Å². The Morgan fingerprint density at radius 1 is 1.17 bits per heavy atom. The molecule has 0 amide bonds. The van der Waals surface area contributed by atoms with Gasteiger partial charge in [-0.2, -0.15) is 0 Å². The fraction of sp³-hybridized carbons (Fsp3) is 0. The Balaban J connectivity index is 2.58. The molecule has 3 N–H and O–H groups in total. The molecule has 0 fully saturated rings. The van der Waals surface area contributed by atoms with E-state index in [1.165, 1.54) is 18.2 Å². The number of H-pyrrole nitrogens is 1. The summed E-state index contributed by atoms with van der Waals surface area (Å²) >= 11 is 5.61. The summed E-state index contributed by atoms with van der Waals surface area (Å²) in [6.45, 7) is 0. The smallest absolute Gasteiger partial charge is 0.267 e. The van der Waals surface area contributed by atoms with Crippen LogP contribution in [-0.2, 0) is 10.0 Å². The molecule has 5 nitrogen and oxygen atoms in total. The zero-order chi connectivity index (χ0) is 13.3. The van der Waals surface area contributed by atoms with Gasteiger partial charge in [0.1, 0.15) is 5.02 Å². The number of rotatable bonds is 2. The molecular formula is C11H9ClN2O3S.